The summed E-state index contributed by atoms with van der Waals surface area (Å²) in [6.07, 6.45) is 6.25. The van der Waals surface area contributed by atoms with Crippen molar-refractivity contribution in [2.45, 2.75) is 90.8 Å². The Labute approximate surface area is 198 Å². The van der Waals surface area contributed by atoms with Crippen molar-refractivity contribution in [3.63, 3.8) is 0 Å². The van der Waals surface area contributed by atoms with Crippen LogP contribution in [0.1, 0.15) is 78.6 Å². The van der Waals surface area contributed by atoms with E-state index in [9.17, 15) is 9.59 Å². The number of rotatable bonds is 7. The largest absolute Gasteiger partial charge is 0.469 e. The van der Waals surface area contributed by atoms with Gasteiger partial charge in [0.1, 0.15) is 6.79 Å². The summed E-state index contributed by atoms with van der Waals surface area (Å²) in [7, 11) is 3.09. The second-order valence-electron chi connectivity index (χ2n) is 11.9. The number of alkyl halides is 1. The molecule has 0 aromatic carbocycles. The number of ketones is 1. The Balaban J connectivity index is 1.60. The highest BCUT2D eigenvalue weighted by Gasteiger charge is 2.65. The predicted molar refractivity (Wildman–Crippen MR) is 123 cm³/mol. The summed E-state index contributed by atoms with van der Waals surface area (Å²) in [5.74, 6) is 1.72. The average molecular weight is 467 g/mol. The fourth-order valence-electron chi connectivity index (χ4n) is 8.97. The van der Waals surface area contributed by atoms with Crippen molar-refractivity contribution < 1.29 is 28.2 Å². The van der Waals surface area contributed by atoms with Gasteiger partial charge in [0.2, 0.25) is 0 Å². The fourth-order valence-corrected chi connectivity index (χ4v) is 8.97. The van der Waals surface area contributed by atoms with Crippen LogP contribution >= 0.6 is 0 Å². The summed E-state index contributed by atoms with van der Waals surface area (Å²) in [6.45, 7) is 7.23. The molecule has 10 atom stereocenters. The molecule has 0 radical (unpaired) electrons. The maximum absolute atomic E-state index is 15.2. The molecule has 0 spiro atoms. The summed E-state index contributed by atoms with van der Waals surface area (Å²) in [5, 5.41) is 0. The van der Waals surface area contributed by atoms with Crippen molar-refractivity contribution >= 4 is 11.8 Å². The van der Waals surface area contributed by atoms with Crippen LogP contribution in [0.15, 0.2) is 0 Å². The highest BCUT2D eigenvalue weighted by Crippen LogP contribution is 2.68. The van der Waals surface area contributed by atoms with Gasteiger partial charge in [-0.25, -0.2) is 4.39 Å². The molecule has 0 N–H and O–H groups in total. The van der Waals surface area contributed by atoms with E-state index in [2.05, 4.69) is 20.8 Å². The molecule has 0 aliphatic heterocycles. The molecule has 0 unspecified atom stereocenters. The van der Waals surface area contributed by atoms with Gasteiger partial charge in [0.05, 0.1) is 13.2 Å². The van der Waals surface area contributed by atoms with E-state index in [1.165, 1.54) is 13.5 Å². The molecule has 0 amide bonds. The first-order chi connectivity index (χ1) is 15.7. The van der Waals surface area contributed by atoms with Gasteiger partial charge in [-0.05, 0) is 85.4 Å². The second-order valence-corrected chi connectivity index (χ2v) is 11.9. The van der Waals surface area contributed by atoms with Gasteiger partial charge in [0.15, 0.2) is 12.0 Å². The molecule has 5 nitrogen and oxygen atoms in total. The van der Waals surface area contributed by atoms with Crippen LogP contribution in [-0.2, 0) is 23.8 Å². The summed E-state index contributed by atoms with van der Waals surface area (Å²) in [4.78, 5) is 24.0. The molecule has 0 aromatic rings. The molecule has 4 aliphatic rings. The van der Waals surface area contributed by atoms with Crippen molar-refractivity contribution in [3.05, 3.63) is 0 Å². The highest BCUT2D eigenvalue weighted by atomic mass is 19.1. The van der Waals surface area contributed by atoms with Crippen molar-refractivity contribution in [3.8, 4) is 0 Å². The first-order valence-corrected chi connectivity index (χ1v) is 13.0. The molecule has 33 heavy (non-hydrogen) atoms. The molecule has 0 aromatic heterocycles. The van der Waals surface area contributed by atoms with E-state index in [-0.39, 0.29) is 41.4 Å². The fraction of sp³-hybridized carbons (Fsp3) is 0.926. The van der Waals surface area contributed by atoms with Gasteiger partial charge >= 0.3 is 5.97 Å². The number of fused-ring (bicyclic) bond motifs is 5. The number of hydrogen-bond donors (Lipinski definition) is 0. The summed E-state index contributed by atoms with van der Waals surface area (Å²) in [6, 6.07) is 0. The lowest BCUT2D eigenvalue weighted by Gasteiger charge is -2.62. The molecule has 0 bridgehead atoms. The first kappa shape index (κ1) is 25.1. The summed E-state index contributed by atoms with van der Waals surface area (Å²) >= 11 is 0. The quantitative estimate of drug-likeness (QED) is 0.374. The van der Waals surface area contributed by atoms with Crippen LogP contribution in [0.25, 0.3) is 0 Å². The molecular formula is C27H43FO5. The molecule has 4 fully saturated rings. The predicted octanol–water partition coefficient (Wildman–Crippen LogP) is 5.35. The van der Waals surface area contributed by atoms with Gasteiger partial charge in [-0.2, -0.15) is 0 Å². The Morgan fingerprint density at radius 1 is 1.09 bits per heavy atom. The highest BCUT2D eigenvalue weighted by molar-refractivity contribution is 5.84. The van der Waals surface area contributed by atoms with E-state index in [0.717, 1.165) is 32.1 Å². The Bertz CT molecular complexity index is 742. The average Bonchev–Trinajstić information content (AvgIpc) is 3.16. The zero-order valence-electron chi connectivity index (χ0n) is 21.1. The van der Waals surface area contributed by atoms with Crippen LogP contribution in [0.5, 0.6) is 0 Å². The van der Waals surface area contributed by atoms with Crippen LogP contribution in [-0.4, -0.2) is 45.0 Å². The number of carbonyl (C=O) groups is 2. The lowest BCUT2D eigenvalue weighted by atomic mass is 9.43. The standard InChI is InChI=1S/C27H43FO5/c1-16(6-9-23(30)32-5)17-7-8-18-24-19(10-12-26(17,18)2)27(3)13-11-21(29)25(28)20(27)14-22(24)33-15-31-4/h16-20,22,24-25H,6-15H2,1-5H3/t16-,17-,18+,19+,20-,22-,24+,25-,26-,27-/m1/s1. The molecule has 4 saturated carbocycles. The second kappa shape index (κ2) is 9.56. The van der Waals surface area contributed by atoms with Gasteiger partial charge in [-0.1, -0.05) is 20.8 Å². The minimum absolute atomic E-state index is 0.0640. The summed E-state index contributed by atoms with van der Waals surface area (Å²) < 4.78 is 31.6. The normalized spacial score (nSPS) is 45.6. The minimum Gasteiger partial charge on any atom is -0.469 e. The molecule has 4 rings (SSSR count). The molecule has 188 valence electrons. The van der Waals surface area contributed by atoms with Gasteiger partial charge in [0.25, 0.3) is 0 Å². The topological polar surface area (TPSA) is 61.8 Å². The third-order valence-electron chi connectivity index (χ3n) is 10.7. The van der Waals surface area contributed by atoms with Gasteiger partial charge in [-0.3, -0.25) is 9.59 Å². The number of Topliss-reactive ketones (excluding diaryl/α,β-unsaturated/α-hetero) is 1. The molecule has 0 heterocycles. The number of esters is 1. The Morgan fingerprint density at radius 2 is 1.82 bits per heavy atom. The van der Waals surface area contributed by atoms with Crippen LogP contribution in [0, 0.1) is 46.3 Å². The van der Waals surface area contributed by atoms with E-state index >= 15 is 4.39 Å². The number of hydrogen-bond acceptors (Lipinski definition) is 5. The number of carbonyl (C=O) groups excluding carboxylic acids is 2. The monoisotopic (exact) mass is 466 g/mol. The third kappa shape index (κ3) is 4.17. The van der Waals surface area contributed by atoms with E-state index < -0.39 is 6.17 Å². The number of methoxy groups -OCH3 is 2. The zero-order valence-corrected chi connectivity index (χ0v) is 21.1. The van der Waals surface area contributed by atoms with Crippen molar-refractivity contribution in [1.29, 1.82) is 0 Å². The first-order valence-electron chi connectivity index (χ1n) is 13.0. The Morgan fingerprint density at radius 3 is 2.52 bits per heavy atom. The van der Waals surface area contributed by atoms with Gasteiger partial charge in [0, 0.05) is 25.9 Å². The smallest absolute Gasteiger partial charge is 0.305 e. The van der Waals surface area contributed by atoms with Crippen molar-refractivity contribution in [1.82, 2.24) is 0 Å². The van der Waals surface area contributed by atoms with Crippen LogP contribution < -0.4 is 0 Å². The SMILES string of the molecule is COCO[C@@H]1C[C@@H]2[C@@H](F)C(=O)CC[C@]2(C)[C@H]2CC[C@]3(C)[C@@H]([C@H](C)CCC(=O)OC)CC[C@H]3[C@H]12. The van der Waals surface area contributed by atoms with E-state index in [1.807, 2.05) is 0 Å². The van der Waals surface area contributed by atoms with E-state index in [0.29, 0.717) is 48.9 Å². The van der Waals surface area contributed by atoms with Crippen LogP contribution in [0.4, 0.5) is 4.39 Å². The lowest BCUT2D eigenvalue weighted by molar-refractivity contribution is -0.210. The van der Waals surface area contributed by atoms with Crippen molar-refractivity contribution in [2.75, 3.05) is 21.0 Å². The maximum Gasteiger partial charge on any atom is 0.305 e. The van der Waals surface area contributed by atoms with Crippen molar-refractivity contribution in [2.24, 2.45) is 46.3 Å². The van der Waals surface area contributed by atoms with E-state index in [1.54, 1.807) is 7.11 Å². The molecule has 6 heteroatoms. The number of halogens is 1. The molecular weight excluding hydrogens is 423 g/mol. The van der Waals surface area contributed by atoms with Gasteiger partial charge in [-0.15, -0.1) is 0 Å². The summed E-state index contributed by atoms with van der Waals surface area (Å²) in [5.41, 5.74) is 0.0645. The van der Waals surface area contributed by atoms with E-state index in [4.69, 9.17) is 14.2 Å². The Hall–Kier alpha value is -1.01. The Kier molecular flexibility index (Phi) is 7.27. The number of ether oxygens (including phenoxy) is 3. The maximum atomic E-state index is 15.2. The third-order valence-corrected chi connectivity index (χ3v) is 10.7. The lowest BCUT2D eigenvalue weighted by Crippen LogP contribution is -2.61. The van der Waals surface area contributed by atoms with Gasteiger partial charge < -0.3 is 14.2 Å². The zero-order chi connectivity index (χ0) is 24.0. The van der Waals surface area contributed by atoms with Crippen LogP contribution in [0.3, 0.4) is 0 Å². The minimum atomic E-state index is -1.36. The molecule has 4 aliphatic carbocycles. The van der Waals surface area contributed by atoms with Crippen LogP contribution in [0.2, 0.25) is 0 Å². The molecule has 0 saturated heterocycles.